The average Bonchev–Trinajstić information content (AvgIpc) is 2.75. The number of anilines is 1. The predicted octanol–water partition coefficient (Wildman–Crippen LogP) is 3.75. The highest BCUT2D eigenvalue weighted by molar-refractivity contribution is 7.89. The quantitative estimate of drug-likeness (QED) is 0.780. The Morgan fingerprint density at radius 3 is 2.34 bits per heavy atom. The van der Waals surface area contributed by atoms with E-state index in [4.69, 9.17) is 11.6 Å². The second-order valence-corrected chi connectivity index (χ2v) is 10.0. The molecule has 0 radical (unpaired) electrons. The van der Waals surface area contributed by atoms with Gasteiger partial charge in [0.1, 0.15) is 0 Å². The maximum absolute atomic E-state index is 12.8. The van der Waals surface area contributed by atoms with Gasteiger partial charge in [0.25, 0.3) is 0 Å². The molecule has 2 aromatic rings. The number of hydrogen-bond donors (Lipinski definition) is 1. The molecule has 5 nitrogen and oxygen atoms in total. The minimum atomic E-state index is -3.49. The van der Waals surface area contributed by atoms with Crippen molar-refractivity contribution in [1.29, 1.82) is 0 Å². The first-order chi connectivity index (χ1) is 14.0. The van der Waals surface area contributed by atoms with Gasteiger partial charge >= 0.3 is 0 Å². The van der Waals surface area contributed by atoms with Crippen molar-refractivity contribution in [1.82, 2.24) is 9.62 Å². The SMILES string of the molecule is O=S(=O)(N[C@H]1CCCC[C@@H]1N1CCN(c2cccc(Cl)c2)CC1)c1ccccc1. The van der Waals surface area contributed by atoms with E-state index in [-0.39, 0.29) is 12.1 Å². The first-order valence-corrected chi connectivity index (χ1v) is 12.2. The lowest BCUT2D eigenvalue weighted by molar-refractivity contribution is 0.124. The van der Waals surface area contributed by atoms with Crippen molar-refractivity contribution in [3.05, 3.63) is 59.6 Å². The van der Waals surface area contributed by atoms with Crippen LogP contribution in [0.5, 0.6) is 0 Å². The van der Waals surface area contributed by atoms with Crippen molar-refractivity contribution in [2.24, 2.45) is 0 Å². The molecule has 156 valence electrons. The Kier molecular flexibility index (Phi) is 6.44. The summed E-state index contributed by atoms with van der Waals surface area (Å²) in [7, 11) is -3.49. The van der Waals surface area contributed by atoms with Crippen molar-refractivity contribution in [3.8, 4) is 0 Å². The molecule has 1 heterocycles. The third kappa shape index (κ3) is 4.94. The number of piperazine rings is 1. The molecule has 2 aromatic carbocycles. The maximum atomic E-state index is 12.8. The summed E-state index contributed by atoms with van der Waals surface area (Å²) in [6.45, 7) is 3.71. The molecule has 0 aromatic heterocycles. The van der Waals surface area contributed by atoms with Gasteiger partial charge in [0.05, 0.1) is 4.90 Å². The Morgan fingerprint density at radius 1 is 0.897 bits per heavy atom. The Morgan fingerprint density at radius 2 is 1.62 bits per heavy atom. The summed E-state index contributed by atoms with van der Waals surface area (Å²) in [4.78, 5) is 5.17. The summed E-state index contributed by atoms with van der Waals surface area (Å²) >= 11 is 6.14. The number of nitrogens with zero attached hydrogens (tertiary/aromatic N) is 2. The van der Waals surface area contributed by atoms with Crippen LogP contribution in [-0.2, 0) is 10.0 Å². The fourth-order valence-electron chi connectivity index (χ4n) is 4.54. The van der Waals surface area contributed by atoms with E-state index in [1.807, 2.05) is 24.3 Å². The van der Waals surface area contributed by atoms with Gasteiger partial charge in [0.15, 0.2) is 0 Å². The summed E-state index contributed by atoms with van der Waals surface area (Å²) in [5.74, 6) is 0. The lowest BCUT2D eigenvalue weighted by Gasteiger charge is -2.44. The van der Waals surface area contributed by atoms with Crippen LogP contribution >= 0.6 is 11.6 Å². The molecule has 2 atom stereocenters. The highest BCUT2D eigenvalue weighted by atomic mass is 35.5. The van der Waals surface area contributed by atoms with Gasteiger partial charge in [0.2, 0.25) is 10.0 Å². The van der Waals surface area contributed by atoms with E-state index in [0.29, 0.717) is 4.90 Å². The van der Waals surface area contributed by atoms with Crippen LogP contribution in [0, 0.1) is 0 Å². The van der Waals surface area contributed by atoms with Crippen molar-refractivity contribution < 1.29 is 8.42 Å². The lowest BCUT2D eigenvalue weighted by Crippen LogP contribution is -2.58. The predicted molar refractivity (Wildman–Crippen MR) is 118 cm³/mol. The molecule has 0 spiro atoms. The van der Waals surface area contributed by atoms with Gasteiger partial charge in [-0.25, -0.2) is 13.1 Å². The molecule has 2 aliphatic rings. The molecule has 0 bridgehead atoms. The lowest BCUT2D eigenvalue weighted by atomic mass is 9.89. The molecule has 0 unspecified atom stereocenters. The normalized spacial score (nSPS) is 23.8. The molecule has 2 fully saturated rings. The fraction of sp³-hybridized carbons (Fsp3) is 0.455. The maximum Gasteiger partial charge on any atom is 0.240 e. The molecule has 4 rings (SSSR count). The monoisotopic (exact) mass is 433 g/mol. The second kappa shape index (κ2) is 9.04. The summed E-state index contributed by atoms with van der Waals surface area (Å²) in [6, 6.07) is 16.9. The largest absolute Gasteiger partial charge is 0.369 e. The standard InChI is InChI=1S/C22H28ClN3O2S/c23-18-7-6-8-19(17-18)25-13-15-26(16-14-25)22-12-5-4-11-21(22)24-29(27,28)20-9-2-1-3-10-20/h1-3,6-10,17,21-22,24H,4-5,11-16H2/t21-,22-/m0/s1. The van der Waals surface area contributed by atoms with Crippen LogP contribution in [0.25, 0.3) is 0 Å². The molecule has 29 heavy (non-hydrogen) atoms. The molecule has 1 N–H and O–H groups in total. The zero-order chi connectivity index (χ0) is 20.3. The fourth-order valence-corrected chi connectivity index (χ4v) is 6.05. The molecule has 1 saturated carbocycles. The van der Waals surface area contributed by atoms with Gasteiger partial charge < -0.3 is 4.90 Å². The minimum Gasteiger partial charge on any atom is -0.369 e. The van der Waals surface area contributed by atoms with Crippen LogP contribution in [0.2, 0.25) is 5.02 Å². The van der Waals surface area contributed by atoms with Crippen LogP contribution in [0.1, 0.15) is 25.7 Å². The van der Waals surface area contributed by atoms with Gasteiger partial charge in [-0.1, -0.05) is 48.7 Å². The van der Waals surface area contributed by atoms with Gasteiger partial charge in [-0.05, 0) is 43.2 Å². The summed E-state index contributed by atoms with van der Waals surface area (Å²) in [5, 5.41) is 0.757. The van der Waals surface area contributed by atoms with E-state index in [0.717, 1.165) is 62.6 Å². The number of rotatable bonds is 5. The molecule has 1 saturated heterocycles. The van der Waals surface area contributed by atoms with Crippen LogP contribution < -0.4 is 9.62 Å². The third-order valence-electron chi connectivity index (χ3n) is 6.05. The Hall–Kier alpha value is -1.60. The summed E-state index contributed by atoms with van der Waals surface area (Å²) in [5.41, 5.74) is 1.15. The molecule has 7 heteroatoms. The number of benzene rings is 2. The van der Waals surface area contributed by atoms with Gasteiger partial charge in [-0.3, -0.25) is 4.90 Å². The summed E-state index contributed by atoms with van der Waals surface area (Å²) < 4.78 is 28.7. The Bertz CT molecular complexity index is 915. The molecular formula is C22H28ClN3O2S. The number of sulfonamides is 1. The Labute approximate surface area is 178 Å². The number of halogens is 1. The van der Waals surface area contributed by atoms with Crippen molar-refractivity contribution >= 4 is 27.3 Å². The van der Waals surface area contributed by atoms with Gasteiger partial charge in [-0.2, -0.15) is 0 Å². The number of nitrogens with one attached hydrogen (secondary N) is 1. The van der Waals surface area contributed by atoms with Gasteiger partial charge in [0, 0.05) is 49.0 Å². The van der Waals surface area contributed by atoms with E-state index in [2.05, 4.69) is 20.6 Å². The van der Waals surface area contributed by atoms with Crippen LogP contribution in [0.15, 0.2) is 59.5 Å². The third-order valence-corrected chi connectivity index (χ3v) is 7.79. The van der Waals surface area contributed by atoms with Crippen LogP contribution in [0.4, 0.5) is 5.69 Å². The van der Waals surface area contributed by atoms with E-state index in [1.165, 1.54) is 0 Å². The van der Waals surface area contributed by atoms with E-state index < -0.39 is 10.0 Å². The molecule has 1 aliphatic carbocycles. The zero-order valence-electron chi connectivity index (χ0n) is 16.5. The first-order valence-electron chi connectivity index (χ1n) is 10.3. The zero-order valence-corrected chi connectivity index (χ0v) is 18.1. The smallest absolute Gasteiger partial charge is 0.240 e. The van der Waals surface area contributed by atoms with Crippen molar-refractivity contribution in [3.63, 3.8) is 0 Å². The number of hydrogen-bond acceptors (Lipinski definition) is 4. The Balaban J connectivity index is 1.42. The molecule has 0 amide bonds. The van der Waals surface area contributed by atoms with E-state index in [1.54, 1.807) is 24.3 Å². The topological polar surface area (TPSA) is 52.7 Å². The highest BCUT2D eigenvalue weighted by Crippen LogP contribution is 2.27. The van der Waals surface area contributed by atoms with E-state index >= 15 is 0 Å². The van der Waals surface area contributed by atoms with Crippen molar-refractivity contribution in [2.45, 2.75) is 42.7 Å². The van der Waals surface area contributed by atoms with Crippen molar-refractivity contribution in [2.75, 3.05) is 31.1 Å². The summed E-state index contributed by atoms with van der Waals surface area (Å²) in [6.07, 6.45) is 4.16. The molecule has 1 aliphatic heterocycles. The van der Waals surface area contributed by atoms with Gasteiger partial charge in [-0.15, -0.1) is 0 Å². The van der Waals surface area contributed by atoms with Crippen LogP contribution in [0.3, 0.4) is 0 Å². The highest BCUT2D eigenvalue weighted by Gasteiger charge is 2.34. The first kappa shape index (κ1) is 20.7. The average molecular weight is 434 g/mol. The van der Waals surface area contributed by atoms with E-state index in [9.17, 15) is 8.42 Å². The minimum absolute atomic E-state index is 0.0355. The molecular weight excluding hydrogens is 406 g/mol. The van der Waals surface area contributed by atoms with Crippen LogP contribution in [-0.4, -0.2) is 51.6 Å². The second-order valence-electron chi connectivity index (χ2n) is 7.90.